The van der Waals surface area contributed by atoms with Crippen LogP contribution in [0.15, 0.2) is 24.3 Å². The summed E-state index contributed by atoms with van der Waals surface area (Å²) in [5.41, 5.74) is 0.686. The summed E-state index contributed by atoms with van der Waals surface area (Å²) in [5.74, 6) is -0.318. The molecule has 1 aromatic carbocycles. The van der Waals surface area contributed by atoms with Crippen molar-refractivity contribution in [1.82, 2.24) is 0 Å². The molecule has 100 valence electrons. The van der Waals surface area contributed by atoms with Gasteiger partial charge in [0.25, 0.3) is 0 Å². The molecule has 4 heteroatoms. The average Bonchev–Trinajstić information content (AvgIpc) is 2.86. The van der Waals surface area contributed by atoms with Gasteiger partial charge in [0.1, 0.15) is 11.7 Å². The Morgan fingerprint density at radius 1 is 1.58 bits per heavy atom. The van der Waals surface area contributed by atoms with Crippen LogP contribution in [-0.4, -0.2) is 25.6 Å². The molecule has 3 unspecified atom stereocenters. The molecule has 0 aromatic heterocycles. The van der Waals surface area contributed by atoms with E-state index in [0.29, 0.717) is 24.3 Å². The minimum absolute atomic E-state index is 0.0555. The molecular formula is C15H17NO3. The van der Waals surface area contributed by atoms with Gasteiger partial charge >= 0.3 is 0 Å². The fraction of sp³-hybridized carbons (Fsp3) is 0.467. The summed E-state index contributed by atoms with van der Waals surface area (Å²) in [7, 11) is 1.56. The number of hydrogen-bond acceptors (Lipinski definition) is 4. The highest BCUT2D eigenvalue weighted by atomic mass is 16.5. The summed E-state index contributed by atoms with van der Waals surface area (Å²) in [4.78, 5) is 12.4. The first-order valence-corrected chi connectivity index (χ1v) is 6.34. The van der Waals surface area contributed by atoms with E-state index >= 15 is 0 Å². The minimum atomic E-state index is -0.742. The van der Waals surface area contributed by atoms with E-state index in [0.717, 1.165) is 0 Å². The Hall–Kier alpha value is -1.86. The van der Waals surface area contributed by atoms with Crippen molar-refractivity contribution < 1.29 is 14.3 Å². The molecule has 0 spiro atoms. The number of ketones is 1. The molecule has 1 aromatic rings. The summed E-state index contributed by atoms with van der Waals surface area (Å²) in [6, 6.07) is 9.21. The van der Waals surface area contributed by atoms with Crippen molar-refractivity contribution in [1.29, 1.82) is 5.26 Å². The maximum atomic E-state index is 12.4. The van der Waals surface area contributed by atoms with Crippen LogP contribution in [0, 0.1) is 17.2 Å². The van der Waals surface area contributed by atoms with E-state index in [2.05, 4.69) is 6.07 Å². The van der Waals surface area contributed by atoms with Crippen LogP contribution in [0.1, 0.15) is 24.8 Å². The first kappa shape index (κ1) is 13.6. The van der Waals surface area contributed by atoms with Gasteiger partial charge in [-0.3, -0.25) is 4.79 Å². The molecule has 0 amide bonds. The molecule has 0 N–H and O–H groups in total. The van der Waals surface area contributed by atoms with Crippen LogP contribution >= 0.6 is 0 Å². The van der Waals surface area contributed by atoms with Gasteiger partial charge in [0.2, 0.25) is 0 Å². The molecule has 0 aliphatic carbocycles. The molecule has 1 saturated heterocycles. The Kier molecular flexibility index (Phi) is 4.18. The van der Waals surface area contributed by atoms with Crippen molar-refractivity contribution in [3.8, 4) is 11.8 Å². The van der Waals surface area contributed by atoms with E-state index in [1.165, 1.54) is 0 Å². The first-order valence-electron chi connectivity index (χ1n) is 6.34. The Labute approximate surface area is 112 Å². The zero-order valence-electron chi connectivity index (χ0n) is 11.1. The van der Waals surface area contributed by atoms with Crippen LogP contribution < -0.4 is 4.74 Å². The fourth-order valence-electron chi connectivity index (χ4n) is 2.37. The third-order valence-corrected chi connectivity index (χ3v) is 3.44. The molecule has 0 radical (unpaired) electrons. The minimum Gasteiger partial charge on any atom is -0.497 e. The Balaban J connectivity index is 2.19. The molecule has 0 bridgehead atoms. The lowest BCUT2D eigenvalue weighted by molar-refractivity contribution is -0.123. The van der Waals surface area contributed by atoms with E-state index in [1.807, 2.05) is 6.92 Å². The largest absolute Gasteiger partial charge is 0.497 e. The lowest BCUT2D eigenvalue weighted by Gasteiger charge is -2.13. The fourth-order valence-corrected chi connectivity index (χ4v) is 2.37. The van der Waals surface area contributed by atoms with Crippen molar-refractivity contribution >= 4 is 5.78 Å². The van der Waals surface area contributed by atoms with Crippen LogP contribution in [0.4, 0.5) is 0 Å². The number of carbonyl (C=O) groups excluding carboxylic acids is 1. The monoisotopic (exact) mass is 259 g/mol. The van der Waals surface area contributed by atoms with E-state index in [4.69, 9.17) is 9.47 Å². The Bertz CT molecular complexity index is 506. The van der Waals surface area contributed by atoms with Crippen LogP contribution in [0.3, 0.4) is 0 Å². The number of ether oxygens (including phenoxy) is 2. The van der Waals surface area contributed by atoms with Gasteiger partial charge < -0.3 is 9.47 Å². The number of nitriles is 1. The van der Waals surface area contributed by atoms with E-state index in [9.17, 15) is 10.1 Å². The summed E-state index contributed by atoms with van der Waals surface area (Å²) in [5, 5.41) is 9.29. The highest BCUT2D eigenvalue weighted by molar-refractivity contribution is 5.90. The van der Waals surface area contributed by atoms with Gasteiger partial charge in [-0.15, -0.1) is 0 Å². The van der Waals surface area contributed by atoms with Crippen molar-refractivity contribution in [2.45, 2.75) is 25.4 Å². The SMILES string of the molecule is COc1cccc(C(C#N)C(=O)C2COC(C)C2)c1. The van der Waals surface area contributed by atoms with Gasteiger partial charge in [0.05, 0.1) is 25.9 Å². The molecule has 4 nitrogen and oxygen atoms in total. The number of Topliss-reactive ketones (excluding diaryl/α,β-unsaturated/α-hetero) is 1. The quantitative estimate of drug-likeness (QED) is 0.832. The highest BCUT2D eigenvalue weighted by Gasteiger charge is 2.33. The van der Waals surface area contributed by atoms with Crippen molar-refractivity contribution in [2.75, 3.05) is 13.7 Å². The second kappa shape index (κ2) is 5.85. The van der Waals surface area contributed by atoms with Gasteiger partial charge in [0, 0.05) is 5.92 Å². The molecule has 3 atom stereocenters. The topological polar surface area (TPSA) is 59.3 Å². The third-order valence-electron chi connectivity index (χ3n) is 3.44. The molecule has 2 rings (SSSR count). The van der Waals surface area contributed by atoms with E-state index in [-0.39, 0.29) is 17.8 Å². The normalized spacial score (nSPS) is 23.6. The van der Waals surface area contributed by atoms with Crippen molar-refractivity contribution in [2.24, 2.45) is 5.92 Å². The maximum Gasteiger partial charge on any atom is 0.159 e. The zero-order valence-corrected chi connectivity index (χ0v) is 11.1. The highest BCUT2D eigenvalue weighted by Crippen LogP contribution is 2.28. The molecular weight excluding hydrogens is 242 g/mol. The van der Waals surface area contributed by atoms with Crippen LogP contribution in [0.5, 0.6) is 5.75 Å². The van der Waals surface area contributed by atoms with Crippen molar-refractivity contribution in [3.05, 3.63) is 29.8 Å². The molecule has 0 saturated carbocycles. The second-order valence-electron chi connectivity index (χ2n) is 4.82. The van der Waals surface area contributed by atoms with Crippen molar-refractivity contribution in [3.63, 3.8) is 0 Å². The first-order chi connectivity index (χ1) is 9.15. The second-order valence-corrected chi connectivity index (χ2v) is 4.82. The van der Waals surface area contributed by atoms with Gasteiger partial charge in [0.15, 0.2) is 5.78 Å². The van der Waals surface area contributed by atoms with Gasteiger partial charge in [-0.2, -0.15) is 5.26 Å². The molecule has 1 heterocycles. The number of methoxy groups -OCH3 is 1. The summed E-state index contributed by atoms with van der Waals surface area (Å²) < 4.78 is 10.5. The Morgan fingerprint density at radius 3 is 2.95 bits per heavy atom. The predicted molar refractivity (Wildman–Crippen MR) is 69.9 cm³/mol. The third kappa shape index (κ3) is 2.94. The lowest BCUT2D eigenvalue weighted by Crippen LogP contribution is -2.21. The van der Waals surface area contributed by atoms with Crippen LogP contribution in [-0.2, 0) is 9.53 Å². The molecule has 1 aliphatic rings. The van der Waals surface area contributed by atoms with Crippen LogP contribution in [0.25, 0.3) is 0 Å². The van der Waals surface area contributed by atoms with Gasteiger partial charge in [-0.1, -0.05) is 12.1 Å². The predicted octanol–water partition coefficient (Wildman–Crippen LogP) is 2.30. The number of nitrogens with zero attached hydrogens (tertiary/aromatic N) is 1. The number of carbonyl (C=O) groups is 1. The molecule has 1 fully saturated rings. The molecule has 1 aliphatic heterocycles. The standard InChI is InChI=1S/C15H17NO3/c1-10-6-12(9-19-10)15(17)14(8-16)11-4-3-5-13(7-11)18-2/h3-5,7,10,12,14H,6,9H2,1-2H3. The average molecular weight is 259 g/mol. The van der Waals surface area contributed by atoms with Crippen LogP contribution in [0.2, 0.25) is 0 Å². The summed E-state index contributed by atoms with van der Waals surface area (Å²) >= 11 is 0. The van der Waals surface area contributed by atoms with E-state index in [1.54, 1.807) is 31.4 Å². The number of benzene rings is 1. The molecule has 19 heavy (non-hydrogen) atoms. The van der Waals surface area contributed by atoms with Gasteiger partial charge in [-0.05, 0) is 31.0 Å². The van der Waals surface area contributed by atoms with E-state index < -0.39 is 5.92 Å². The smallest absolute Gasteiger partial charge is 0.159 e. The number of hydrogen-bond donors (Lipinski definition) is 0. The van der Waals surface area contributed by atoms with Gasteiger partial charge in [-0.25, -0.2) is 0 Å². The summed E-state index contributed by atoms with van der Waals surface area (Å²) in [6.45, 7) is 2.36. The summed E-state index contributed by atoms with van der Waals surface area (Å²) in [6.07, 6.45) is 0.791. The number of rotatable bonds is 4. The maximum absolute atomic E-state index is 12.4. The zero-order chi connectivity index (χ0) is 13.8. The lowest BCUT2D eigenvalue weighted by atomic mass is 9.87. The Morgan fingerprint density at radius 2 is 2.37 bits per heavy atom.